The maximum absolute atomic E-state index is 14.2. The standard InChI is InChI=1S/C32H12BF24.C27H19N2/c34-25(35,36)13-1-14(26(37,38)39)6-21(5-13)33(22-7-15(27(40,41)42)2-16(8-22)28(43,44)45,23-9-17(29(46,47)48)3-18(10-23)30(49,50)51)24-11-19(31(52,53)54)4-20(12-24)32(55,56)57;1-3-7-21-16-25-23(13-19(21)5-1)15-24-14-20-6-2-4-8-22(20)17-26(24)27(25)18-29-11-9-28-10-12-29/h1-12H;1-17H,18H2/q-1;+1. The number of fused-ring (bicyclic) bond motifs is 4. The third-order valence-electron chi connectivity index (χ3n) is 14.3. The summed E-state index contributed by atoms with van der Waals surface area (Å²) in [7, 11) is 0. The largest absolute Gasteiger partial charge is 0.416 e. The van der Waals surface area contributed by atoms with Crippen molar-refractivity contribution < 1.29 is 110 Å². The van der Waals surface area contributed by atoms with Gasteiger partial charge in [-0.3, -0.25) is 4.98 Å². The molecule has 86 heavy (non-hydrogen) atoms. The van der Waals surface area contributed by atoms with Crippen molar-refractivity contribution in [3.05, 3.63) is 227 Å². The van der Waals surface area contributed by atoms with Crippen LogP contribution in [0.4, 0.5) is 105 Å². The summed E-state index contributed by atoms with van der Waals surface area (Å²) in [6.07, 6.45) is -47.0. The molecule has 0 bridgehead atoms. The number of benzene rings is 9. The van der Waals surface area contributed by atoms with Gasteiger partial charge in [0.15, 0.2) is 18.9 Å². The van der Waals surface area contributed by atoms with E-state index >= 15 is 0 Å². The molecule has 0 N–H and O–H groups in total. The quantitative estimate of drug-likeness (QED) is 0.0702. The van der Waals surface area contributed by atoms with E-state index in [0.717, 1.165) is 6.54 Å². The highest BCUT2D eigenvalue weighted by Gasteiger charge is 2.47. The molecule has 0 fully saturated rings. The van der Waals surface area contributed by atoms with Gasteiger partial charge < -0.3 is 0 Å². The summed E-state index contributed by atoms with van der Waals surface area (Å²) in [5, 5.41) is 10.3. The molecule has 0 saturated carbocycles. The SMILES string of the molecule is FC(F)(F)c1cc([B-](c2cc(C(F)(F)F)cc(C(F)(F)F)c2)(c2cc(C(F)(F)F)cc(C(F)(F)F)c2)c2cc(C(F)(F)F)cc(C(F)(F)F)c2)cc(C(F)(F)F)c1.c1ccc2cc3c(C[n+]4ccncc4)c4cc5ccccc5cc4cc3cc2c1. The maximum Gasteiger partial charge on any atom is 0.416 e. The van der Waals surface area contributed by atoms with Crippen LogP contribution in [0.15, 0.2) is 176 Å². The molecule has 448 valence electrons. The van der Waals surface area contributed by atoms with Gasteiger partial charge in [0.1, 0.15) is 6.15 Å². The lowest BCUT2D eigenvalue weighted by Gasteiger charge is -2.46. The normalized spacial score (nSPS) is 13.4. The first-order chi connectivity index (χ1) is 39.6. The Morgan fingerprint density at radius 1 is 0.279 bits per heavy atom. The molecule has 0 aliphatic carbocycles. The molecule has 0 atom stereocenters. The molecule has 1 aromatic heterocycles. The Morgan fingerprint density at radius 2 is 0.500 bits per heavy atom. The molecule has 0 spiro atoms. The number of rotatable bonds is 6. The molecular formula is C59H31BF24N2. The van der Waals surface area contributed by atoms with Crippen molar-refractivity contribution in [2.75, 3.05) is 0 Å². The van der Waals surface area contributed by atoms with Gasteiger partial charge in [-0.05, 0) is 97.7 Å². The van der Waals surface area contributed by atoms with Crippen LogP contribution < -0.4 is 26.4 Å². The van der Waals surface area contributed by atoms with E-state index in [1.165, 1.54) is 48.7 Å². The Hall–Kier alpha value is -8.52. The highest BCUT2D eigenvalue weighted by atomic mass is 19.4. The van der Waals surface area contributed by atoms with Crippen LogP contribution in [-0.2, 0) is 56.0 Å². The highest BCUT2D eigenvalue weighted by Crippen LogP contribution is 2.42. The summed E-state index contributed by atoms with van der Waals surface area (Å²) < 4.78 is 343. The van der Waals surface area contributed by atoms with Gasteiger partial charge in [0.05, 0.1) is 56.9 Å². The molecule has 0 saturated heterocycles. The monoisotopic (exact) mass is 1230 g/mol. The van der Waals surface area contributed by atoms with E-state index in [1.807, 2.05) is 24.8 Å². The zero-order chi connectivity index (χ0) is 63.1. The number of nitrogens with zero attached hydrogens (tertiary/aromatic N) is 2. The van der Waals surface area contributed by atoms with Crippen molar-refractivity contribution >= 4 is 71.1 Å². The molecule has 2 nitrogen and oxygen atoms in total. The molecule has 0 unspecified atom stereocenters. The van der Waals surface area contributed by atoms with Crippen LogP contribution >= 0.6 is 0 Å². The smallest absolute Gasteiger partial charge is 0.252 e. The fourth-order valence-corrected chi connectivity index (χ4v) is 10.5. The molecule has 27 heteroatoms. The van der Waals surface area contributed by atoms with E-state index in [2.05, 4.69) is 88.4 Å². The van der Waals surface area contributed by atoms with Crippen LogP contribution in [0.5, 0.6) is 0 Å². The molecular weight excluding hydrogens is 1200 g/mol. The molecule has 0 radical (unpaired) electrons. The Kier molecular flexibility index (Phi) is 15.5. The van der Waals surface area contributed by atoms with Gasteiger partial charge in [-0.25, -0.2) is 0 Å². The van der Waals surface area contributed by atoms with Crippen molar-refractivity contribution in [1.82, 2.24) is 4.98 Å². The molecule has 0 amide bonds. The number of aromatic nitrogens is 2. The lowest BCUT2D eigenvalue weighted by Crippen LogP contribution is -2.75. The third-order valence-corrected chi connectivity index (χ3v) is 14.3. The summed E-state index contributed by atoms with van der Waals surface area (Å²) in [6.45, 7) is 0.813. The highest BCUT2D eigenvalue weighted by molar-refractivity contribution is 7.20. The summed E-state index contributed by atoms with van der Waals surface area (Å²) in [5.41, 5.74) is -28.9. The second-order valence-corrected chi connectivity index (χ2v) is 19.8. The first-order valence-corrected chi connectivity index (χ1v) is 24.5. The first-order valence-electron chi connectivity index (χ1n) is 24.5. The molecule has 9 aromatic carbocycles. The second-order valence-electron chi connectivity index (χ2n) is 19.8. The van der Waals surface area contributed by atoms with Crippen molar-refractivity contribution in [2.24, 2.45) is 0 Å². The first kappa shape index (κ1) is 62.0. The van der Waals surface area contributed by atoms with Crippen molar-refractivity contribution in [3.63, 3.8) is 0 Å². The Bertz CT molecular complexity index is 3680. The summed E-state index contributed by atoms with van der Waals surface area (Å²) >= 11 is 0. The van der Waals surface area contributed by atoms with Crippen LogP contribution in [0.2, 0.25) is 0 Å². The number of hydrogen-bond donors (Lipinski definition) is 0. The van der Waals surface area contributed by atoms with Crippen molar-refractivity contribution in [1.29, 1.82) is 0 Å². The van der Waals surface area contributed by atoms with E-state index in [4.69, 9.17) is 0 Å². The number of alkyl halides is 24. The predicted molar refractivity (Wildman–Crippen MR) is 270 cm³/mol. The lowest BCUT2D eigenvalue weighted by atomic mass is 9.12. The number of halogens is 24. The second kappa shape index (κ2) is 21.5. The van der Waals surface area contributed by atoms with E-state index in [0.29, 0.717) is 0 Å². The fourth-order valence-electron chi connectivity index (χ4n) is 10.5. The van der Waals surface area contributed by atoms with Crippen molar-refractivity contribution in [3.8, 4) is 0 Å². The summed E-state index contributed by atoms with van der Waals surface area (Å²) in [6, 6.07) is 20.1. The van der Waals surface area contributed by atoms with Gasteiger partial charge in [-0.2, -0.15) is 132 Å². The molecule has 0 aliphatic rings. The van der Waals surface area contributed by atoms with Gasteiger partial charge in [0.2, 0.25) is 0 Å². The topological polar surface area (TPSA) is 16.8 Å². The molecule has 0 aliphatic heterocycles. The van der Waals surface area contributed by atoms with Crippen LogP contribution in [0.25, 0.3) is 43.1 Å². The zero-order valence-corrected chi connectivity index (χ0v) is 42.5. The summed E-state index contributed by atoms with van der Waals surface area (Å²) in [4.78, 5) is 4.17. The van der Waals surface area contributed by atoms with Gasteiger partial charge in [0.25, 0.3) is 0 Å². The van der Waals surface area contributed by atoms with Gasteiger partial charge in [0, 0.05) is 5.56 Å². The minimum absolute atomic E-state index is 0.691. The van der Waals surface area contributed by atoms with E-state index < -0.39 is 195 Å². The van der Waals surface area contributed by atoms with E-state index in [1.54, 1.807) is 0 Å². The fraction of sp³-hybridized carbons (Fsp3) is 0.153. The Morgan fingerprint density at radius 3 is 0.733 bits per heavy atom. The molecule has 10 aromatic rings. The minimum atomic E-state index is -6.13. The molecule has 10 rings (SSSR count). The van der Waals surface area contributed by atoms with Gasteiger partial charge in [-0.15, -0.1) is 0 Å². The van der Waals surface area contributed by atoms with Crippen LogP contribution in [0.3, 0.4) is 0 Å². The number of hydrogen-bond acceptors (Lipinski definition) is 1. The van der Waals surface area contributed by atoms with Crippen LogP contribution in [0, 0.1) is 0 Å². The molecule has 1 heterocycles. The summed E-state index contributed by atoms with van der Waals surface area (Å²) in [5.74, 6) is 0. The van der Waals surface area contributed by atoms with Crippen LogP contribution in [-0.4, -0.2) is 11.1 Å². The van der Waals surface area contributed by atoms with Gasteiger partial charge in [-0.1, -0.05) is 97.1 Å². The van der Waals surface area contributed by atoms with Crippen molar-refractivity contribution in [2.45, 2.75) is 56.0 Å². The van der Waals surface area contributed by atoms with E-state index in [9.17, 15) is 105 Å². The maximum atomic E-state index is 14.2. The Balaban J connectivity index is 0.000000251. The zero-order valence-electron chi connectivity index (χ0n) is 42.5. The van der Waals surface area contributed by atoms with Crippen LogP contribution in [0.1, 0.15) is 50.1 Å². The average Bonchev–Trinajstić information content (AvgIpc) is 0.827. The van der Waals surface area contributed by atoms with E-state index in [-0.39, 0.29) is 0 Å². The average molecular weight is 1230 g/mol. The Labute approximate surface area is 467 Å². The predicted octanol–water partition coefficient (Wildman–Crippen LogP) is 17.2. The lowest BCUT2D eigenvalue weighted by molar-refractivity contribution is -0.688. The minimum Gasteiger partial charge on any atom is -0.252 e. The van der Waals surface area contributed by atoms with Gasteiger partial charge >= 0.3 is 49.4 Å². The third kappa shape index (κ3) is 12.7.